The molecule has 0 unspecified atom stereocenters. The van der Waals surface area contributed by atoms with Gasteiger partial charge in [0, 0.05) is 6.42 Å². The summed E-state index contributed by atoms with van der Waals surface area (Å²) in [6.07, 6.45) is 5.11. The molecule has 6 heteroatoms. The summed E-state index contributed by atoms with van der Waals surface area (Å²) in [7, 11) is -3.06. The highest BCUT2D eigenvalue weighted by atomic mass is 32.2. The van der Waals surface area contributed by atoms with Crippen molar-refractivity contribution in [3.8, 4) is 0 Å². The van der Waals surface area contributed by atoms with Gasteiger partial charge in [0.25, 0.3) is 0 Å². The van der Waals surface area contributed by atoms with Gasteiger partial charge in [-0.3, -0.25) is 0 Å². The fraction of sp³-hybridized carbons (Fsp3) is 0.909. The van der Waals surface area contributed by atoms with E-state index in [2.05, 4.69) is 11.8 Å². The summed E-state index contributed by atoms with van der Waals surface area (Å²) >= 11 is 0. The van der Waals surface area contributed by atoms with Crippen molar-refractivity contribution in [2.75, 3.05) is 11.5 Å². The minimum Gasteiger partial charge on any atom is -0.301 e. The van der Waals surface area contributed by atoms with Crippen molar-refractivity contribution in [1.82, 2.24) is 0 Å². The van der Waals surface area contributed by atoms with Crippen molar-refractivity contribution in [1.29, 1.82) is 0 Å². The summed E-state index contributed by atoms with van der Waals surface area (Å²) in [5, 5.41) is 7.99. The first-order chi connectivity index (χ1) is 8.02. The molecule has 0 aliphatic carbocycles. The standard InChI is InChI=1S/C11H22O5S/c1-2-3-4-5-6-9-17(14,15)10-7-8-11(12)16-13/h13H,2-10H2,1H3. The summed E-state index contributed by atoms with van der Waals surface area (Å²) in [5.41, 5.74) is 0. The maximum Gasteiger partial charge on any atom is 0.342 e. The Morgan fingerprint density at radius 1 is 1.06 bits per heavy atom. The van der Waals surface area contributed by atoms with Gasteiger partial charge in [0.05, 0.1) is 11.5 Å². The molecule has 102 valence electrons. The zero-order chi connectivity index (χ0) is 13.1. The van der Waals surface area contributed by atoms with E-state index >= 15 is 0 Å². The molecular formula is C11H22O5S. The molecule has 0 radical (unpaired) electrons. The number of hydrogen-bond acceptors (Lipinski definition) is 5. The lowest BCUT2D eigenvalue weighted by Gasteiger charge is -2.03. The number of rotatable bonds is 10. The van der Waals surface area contributed by atoms with Crippen molar-refractivity contribution in [2.45, 2.75) is 51.9 Å². The second-order valence-electron chi connectivity index (χ2n) is 4.13. The molecule has 17 heavy (non-hydrogen) atoms. The molecule has 0 aliphatic rings. The number of unbranched alkanes of at least 4 members (excludes halogenated alkanes) is 4. The third kappa shape index (κ3) is 10.3. The lowest BCUT2D eigenvalue weighted by atomic mass is 10.2. The van der Waals surface area contributed by atoms with Crippen LogP contribution in [0.2, 0.25) is 0 Å². The van der Waals surface area contributed by atoms with Crippen molar-refractivity contribution in [3.63, 3.8) is 0 Å². The van der Waals surface area contributed by atoms with Crippen molar-refractivity contribution < 1.29 is 23.4 Å². The average molecular weight is 266 g/mol. The van der Waals surface area contributed by atoms with Crippen LogP contribution in [0.1, 0.15) is 51.9 Å². The largest absolute Gasteiger partial charge is 0.342 e. The topological polar surface area (TPSA) is 80.7 Å². The van der Waals surface area contributed by atoms with Crippen molar-refractivity contribution in [3.05, 3.63) is 0 Å². The van der Waals surface area contributed by atoms with Crippen LogP contribution in [0, 0.1) is 0 Å². The number of carbonyl (C=O) groups is 1. The van der Waals surface area contributed by atoms with Gasteiger partial charge in [0.2, 0.25) is 0 Å². The molecule has 0 fully saturated rings. The van der Waals surface area contributed by atoms with Crippen LogP contribution in [0.4, 0.5) is 0 Å². The van der Waals surface area contributed by atoms with E-state index in [0.717, 1.165) is 25.7 Å². The minimum atomic E-state index is -3.06. The van der Waals surface area contributed by atoms with Gasteiger partial charge in [0.15, 0.2) is 0 Å². The van der Waals surface area contributed by atoms with E-state index in [0.29, 0.717) is 6.42 Å². The Balaban J connectivity index is 3.62. The Morgan fingerprint density at radius 3 is 2.24 bits per heavy atom. The van der Waals surface area contributed by atoms with Gasteiger partial charge in [0.1, 0.15) is 9.84 Å². The first-order valence-corrected chi connectivity index (χ1v) is 7.88. The Hall–Kier alpha value is -0.620. The Kier molecular flexibility index (Phi) is 9.07. The molecule has 0 rings (SSSR count). The molecular weight excluding hydrogens is 244 g/mol. The van der Waals surface area contributed by atoms with E-state index < -0.39 is 15.8 Å². The van der Waals surface area contributed by atoms with Crippen LogP contribution >= 0.6 is 0 Å². The molecule has 1 N–H and O–H groups in total. The highest BCUT2D eigenvalue weighted by Crippen LogP contribution is 2.06. The fourth-order valence-electron chi connectivity index (χ4n) is 1.51. The molecule has 0 bridgehead atoms. The van der Waals surface area contributed by atoms with Gasteiger partial charge in [-0.1, -0.05) is 32.6 Å². The summed E-state index contributed by atoms with van der Waals surface area (Å²) < 4.78 is 23.0. The Labute approximate surface area is 103 Å². The molecule has 0 aliphatic heterocycles. The van der Waals surface area contributed by atoms with E-state index in [-0.39, 0.29) is 24.3 Å². The normalized spacial score (nSPS) is 11.4. The molecule has 0 saturated heterocycles. The first-order valence-electron chi connectivity index (χ1n) is 6.06. The second-order valence-corrected chi connectivity index (χ2v) is 6.44. The van der Waals surface area contributed by atoms with Crippen LogP contribution in [-0.4, -0.2) is 31.2 Å². The van der Waals surface area contributed by atoms with Gasteiger partial charge >= 0.3 is 5.97 Å². The third-order valence-corrected chi connectivity index (χ3v) is 4.32. The van der Waals surface area contributed by atoms with Crippen LogP contribution < -0.4 is 0 Å². The van der Waals surface area contributed by atoms with Gasteiger partial charge in [-0.25, -0.2) is 13.2 Å². The van der Waals surface area contributed by atoms with Crippen LogP contribution in [0.15, 0.2) is 0 Å². The van der Waals surface area contributed by atoms with E-state index in [1.54, 1.807) is 0 Å². The van der Waals surface area contributed by atoms with Crippen LogP contribution in [0.25, 0.3) is 0 Å². The molecule has 0 aromatic rings. The van der Waals surface area contributed by atoms with Gasteiger partial charge in [-0.2, -0.15) is 5.26 Å². The third-order valence-electron chi connectivity index (χ3n) is 2.50. The van der Waals surface area contributed by atoms with E-state index in [9.17, 15) is 13.2 Å². The van der Waals surface area contributed by atoms with Crippen LogP contribution in [-0.2, 0) is 19.5 Å². The Bertz CT molecular complexity index is 297. The molecule has 0 spiro atoms. The molecule has 5 nitrogen and oxygen atoms in total. The molecule has 0 aromatic heterocycles. The Morgan fingerprint density at radius 2 is 1.65 bits per heavy atom. The quantitative estimate of drug-likeness (QED) is 0.372. The average Bonchev–Trinajstić information content (AvgIpc) is 2.28. The number of carbonyl (C=O) groups excluding carboxylic acids is 1. The zero-order valence-corrected chi connectivity index (χ0v) is 11.2. The lowest BCUT2D eigenvalue weighted by Crippen LogP contribution is -2.13. The van der Waals surface area contributed by atoms with E-state index in [1.807, 2.05) is 0 Å². The highest BCUT2D eigenvalue weighted by molar-refractivity contribution is 7.91. The summed E-state index contributed by atoms with van der Waals surface area (Å²) in [4.78, 5) is 14.0. The monoisotopic (exact) mass is 266 g/mol. The number of sulfone groups is 1. The van der Waals surface area contributed by atoms with Crippen molar-refractivity contribution >= 4 is 15.8 Å². The van der Waals surface area contributed by atoms with Gasteiger partial charge < -0.3 is 4.89 Å². The summed E-state index contributed by atoms with van der Waals surface area (Å²) in [6, 6.07) is 0. The smallest absolute Gasteiger partial charge is 0.301 e. The zero-order valence-electron chi connectivity index (χ0n) is 10.4. The first kappa shape index (κ1) is 16.4. The van der Waals surface area contributed by atoms with E-state index in [4.69, 9.17) is 5.26 Å². The second kappa shape index (κ2) is 9.41. The predicted octanol–water partition coefficient (Wildman–Crippen LogP) is 2.17. The van der Waals surface area contributed by atoms with Gasteiger partial charge in [-0.15, -0.1) is 0 Å². The fourth-order valence-corrected chi connectivity index (χ4v) is 2.94. The highest BCUT2D eigenvalue weighted by Gasteiger charge is 2.12. The predicted molar refractivity (Wildman–Crippen MR) is 65.4 cm³/mol. The lowest BCUT2D eigenvalue weighted by molar-refractivity contribution is -0.234. The van der Waals surface area contributed by atoms with Crippen molar-refractivity contribution in [2.24, 2.45) is 0 Å². The maximum absolute atomic E-state index is 11.5. The molecule has 0 saturated carbocycles. The molecule has 0 amide bonds. The molecule has 0 atom stereocenters. The SMILES string of the molecule is CCCCCCCS(=O)(=O)CCCC(=O)OO. The summed E-state index contributed by atoms with van der Waals surface area (Å²) in [6.45, 7) is 2.11. The number of hydrogen-bond donors (Lipinski definition) is 1. The minimum absolute atomic E-state index is 0.0180. The van der Waals surface area contributed by atoms with Gasteiger partial charge in [-0.05, 0) is 12.8 Å². The summed E-state index contributed by atoms with van der Waals surface area (Å²) in [5.74, 6) is -0.621. The maximum atomic E-state index is 11.5. The molecule has 0 aromatic carbocycles. The van der Waals surface area contributed by atoms with Crippen LogP contribution in [0.3, 0.4) is 0 Å². The van der Waals surface area contributed by atoms with Crippen LogP contribution in [0.5, 0.6) is 0 Å². The molecule has 0 heterocycles. The van der Waals surface area contributed by atoms with E-state index in [1.165, 1.54) is 0 Å².